The van der Waals surface area contributed by atoms with E-state index in [1.54, 1.807) is 0 Å². The second kappa shape index (κ2) is 4.59. The molecule has 0 bridgehead atoms. The second-order valence-corrected chi connectivity index (χ2v) is 5.16. The number of hydrogen-bond donors (Lipinski definition) is 0. The molecule has 0 spiro atoms. The molecule has 0 amide bonds. The van der Waals surface area contributed by atoms with Crippen molar-refractivity contribution in [3.63, 3.8) is 0 Å². The molecule has 1 heteroatoms. The molecule has 1 nitrogen and oxygen atoms in total. The molecule has 1 rings (SSSR count). The first-order chi connectivity index (χ1) is 6.53. The molecule has 0 aliphatic carbocycles. The Morgan fingerprint density at radius 1 is 1.36 bits per heavy atom. The van der Waals surface area contributed by atoms with Gasteiger partial charge in [-0.05, 0) is 35.8 Å². The van der Waals surface area contributed by atoms with Crippen LogP contribution >= 0.6 is 0 Å². The van der Waals surface area contributed by atoms with E-state index in [2.05, 4.69) is 38.7 Å². The SMILES string of the molecule is CCC(CC(C)(C)C)c1cccnc1. The third kappa shape index (κ3) is 3.49. The molecule has 1 heterocycles. The fourth-order valence-corrected chi connectivity index (χ4v) is 1.85. The Morgan fingerprint density at radius 2 is 2.07 bits per heavy atom. The number of pyridine rings is 1. The molecule has 0 fully saturated rings. The van der Waals surface area contributed by atoms with Crippen LogP contribution < -0.4 is 0 Å². The Labute approximate surface area is 87.6 Å². The van der Waals surface area contributed by atoms with Crippen LogP contribution in [0.1, 0.15) is 52.0 Å². The maximum atomic E-state index is 4.18. The molecule has 0 aromatic carbocycles. The maximum absolute atomic E-state index is 4.18. The van der Waals surface area contributed by atoms with Gasteiger partial charge in [0.2, 0.25) is 0 Å². The third-order valence-corrected chi connectivity index (χ3v) is 2.51. The summed E-state index contributed by atoms with van der Waals surface area (Å²) in [7, 11) is 0. The Bertz CT molecular complexity index is 258. The van der Waals surface area contributed by atoms with Crippen LogP contribution in [0, 0.1) is 5.41 Å². The van der Waals surface area contributed by atoms with Gasteiger partial charge in [-0.1, -0.05) is 33.8 Å². The number of nitrogens with zero attached hydrogens (tertiary/aromatic N) is 1. The topological polar surface area (TPSA) is 12.9 Å². The van der Waals surface area contributed by atoms with Gasteiger partial charge in [0, 0.05) is 12.4 Å². The van der Waals surface area contributed by atoms with Crippen LogP contribution in [0.2, 0.25) is 0 Å². The first-order valence-corrected chi connectivity index (χ1v) is 5.43. The molecule has 78 valence electrons. The summed E-state index contributed by atoms with van der Waals surface area (Å²) in [5.41, 5.74) is 1.78. The van der Waals surface area contributed by atoms with Crippen molar-refractivity contribution in [1.82, 2.24) is 4.98 Å². The monoisotopic (exact) mass is 191 g/mol. The number of hydrogen-bond acceptors (Lipinski definition) is 1. The molecule has 1 aromatic heterocycles. The van der Waals surface area contributed by atoms with Gasteiger partial charge in [-0.2, -0.15) is 0 Å². The predicted molar refractivity (Wildman–Crippen MR) is 61.3 cm³/mol. The quantitative estimate of drug-likeness (QED) is 0.703. The molecular weight excluding hydrogens is 170 g/mol. The lowest BCUT2D eigenvalue weighted by atomic mass is 9.81. The molecule has 0 saturated carbocycles. The van der Waals surface area contributed by atoms with Crippen LogP contribution in [0.15, 0.2) is 24.5 Å². The minimum Gasteiger partial charge on any atom is -0.264 e. The lowest BCUT2D eigenvalue weighted by Gasteiger charge is -2.25. The number of aromatic nitrogens is 1. The molecule has 0 radical (unpaired) electrons. The zero-order chi connectivity index (χ0) is 10.6. The van der Waals surface area contributed by atoms with Crippen molar-refractivity contribution in [3.8, 4) is 0 Å². The molecule has 0 N–H and O–H groups in total. The van der Waals surface area contributed by atoms with Gasteiger partial charge in [0.1, 0.15) is 0 Å². The van der Waals surface area contributed by atoms with Crippen LogP contribution in [-0.2, 0) is 0 Å². The van der Waals surface area contributed by atoms with Crippen LogP contribution in [-0.4, -0.2) is 4.98 Å². The Balaban J connectivity index is 2.73. The highest BCUT2D eigenvalue weighted by Gasteiger charge is 2.18. The highest BCUT2D eigenvalue weighted by atomic mass is 14.6. The van der Waals surface area contributed by atoms with Crippen molar-refractivity contribution in [1.29, 1.82) is 0 Å². The van der Waals surface area contributed by atoms with E-state index in [0.29, 0.717) is 11.3 Å². The van der Waals surface area contributed by atoms with E-state index >= 15 is 0 Å². The Hall–Kier alpha value is -0.850. The third-order valence-electron chi connectivity index (χ3n) is 2.51. The van der Waals surface area contributed by atoms with E-state index in [4.69, 9.17) is 0 Å². The van der Waals surface area contributed by atoms with Crippen molar-refractivity contribution in [2.24, 2.45) is 5.41 Å². The van der Waals surface area contributed by atoms with Gasteiger partial charge in [0.25, 0.3) is 0 Å². The zero-order valence-corrected chi connectivity index (χ0v) is 9.75. The average molecular weight is 191 g/mol. The van der Waals surface area contributed by atoms with Crippen molar-refractivity contribution >= 4 is 0 Å². The van der Waals surface area contributed by atoms with E-state index in [1.165, 1.54) is 18.4 Å². The summed E-state index contributed by atoms with van der Waals surface area (Å²) in [6, 6.07) is 4.22. The Kier molecular flexibility index (Phi) is 3.68. The maximum Gasteiger partial charge on any atom is 0.0302 e. The van der Waals surface area contributed by atoms with Crippen LogP contribution in [0.3, 0.4) is 0 Å². The molecular formula is C13H21N. The largest absolute Gasteiger partial charge is 0.264 e. The van der Waals surface area contributed by atoms with Crippen molar-refractivity contribution < 1.29 is 0 Å². The first kappa shape index (κ1) is 11.2. The van der Waals surface area contributed by atoms with Gasteiger partial charge in [0.05, 0.1) is 0 Å². The number of rotatable bonds is 3. The van der Waals surface area contributed by atoms with E-state index in [0.717, 1.165) is 0 Å². The van der Waals surface area contributed by atoms with Crippen molar-refractivity contribution in [2.75, 3.05) is 0 Å². The summed E-state index contributed by atoms with van der Waals surface area (Å²) in [5, 5.41) is 0. The van der Waals surface area contributed by atoms with E-state index in [-0.39, 0.29) is 0 Å². The molecule has 14 heavy (non-hydrogen) atoms. The summed E-state index contributed by atoms with van der Waals surface area (Å²) in [6.45, 7) is 9.15. The van der Waals surface area contributed by atoms with Gasteiger partial charge in [-0.3, -0.25) is 4.98 Å². The second-order valence-electron chi connectivity index (χ2n) is 5.16. The average Bonchev–Trinajstić information content (AvgIpc) is 2.14. The molecule has 0 saturated heterocycles. The van der Waals surface area contributed by atoms with Gasteiger partial charge in [0.15, 0.2) is 0 Å². The van der Waals surface area contributed by atoms with Crippen molar-refractivity contribution in [3.05, 3.63) is 30.1 Å². The summed E-state index contributed by atoms with van der Waals surface area (Å²) in [4.78, 5) is 4.18. The van der Waals surface area contributed by atoms with Gasteiger partial charge in [-0.15, -0.1) is 0 Å². The molecule has 1 atom stereocenters. The summed E-state index contributed by atoms with van der Waals surface area (Å²) >= 11 is 0. The Morgan fingerprint density at radius 3 is 2.50 bits per heavy atom. The minimum atomic E-state index is 0.399. The molecule has 0 aliphatic heterocycles. The van der Waals surface area contributed by atoms with E-state index in [1.807, 2.05) is 18.5 Å². The van der Waals surface area contributed by atoms with E-state index in [9.17, 15) is 0 Å². The highest BCUT2D eigenvalue weighted by Crippen LogP contribution is 2.32. The molecule has 0 aliphatic rings. The van der Waals surface area contributed by atoms with Crippen LogP contribution in [0.5, 0.6) is 0 Å². The lowest BCUT2D eigenvalue weighted by Crippen LogP contribution is -2.11. The van der Waals surface area contributed by atoms with Crippen molar-refractivity contribution in [2.45, 2.75) is 46.5 Å². The van der Waals surface area contributed by atoms with Gasteiger partial charge >= 0.3 is 0 Å². The zero-order valence-electron chi connectivity index (χ0n) is 9.75. The summed E-state index contributed by atoms with van der Waals surface area (Å²) < 4.78 is 0. The summed E-state index contributed by atoms with van der Waals surface area (Å²) in [6.07, 6.45) is 6.27. The highest BCUT2D eigenvalue weighted by molar-refractivity contribution is 5.14. The first-order valence-electron chi connectivity index (χ1n) is 5.43. The van der Waals surface area contributed by atoms with Gasteiger partial charge < -0.3 is 0 Å². The molecule has 1 aromatic rings. The normalized spacial score (nSPS) is 14.0. The smallest absolute Gasteiger partial charge is 0.0302 e. The fraction of sp³-hybridized carbons (Fsp3) is 0.615. The lowest BCUT2D eigenvalue weighted by molar-refractivity contribution is 0.335. The van der Waals surface area contributed by atoms with Crippen LogP contribution in [0.25, 0.3) is 0 Å². The minimum absolute atomic E-state index is 0.399. The fourth-order valence-electron chi connectivity index (χ4n) is 1.85. The summed E-state index contributed by atoms with van der Waals surface area (Å²) in [5.74, 6) is 0.656. The predicted octanol–water partition coefficient (Wildman–Crippen LogP) is 4.01. The molecule has 1 unspecified atom stereocenters. The van der Waals surface area contributed by atoms with Crippen LogP contribution in [0.4, 0.5) is 0 Å². The van der Waals surface area contributed by atoms with Gasteiger partial charge in [-0.25, -0.2) is 0 Å². The standard InChI is InChI=1S/C13H21N/c1-5-11(9-13(2,3)4)12-7-6-8-14-10-12/h6-8,10-11H,5,9H2,1-4H3. The van der Waals surface area contributed by atoms with E-state index < -0.39 is 0 Å².